The summed E-state index contributed by atoms with van der Waals surface area (Å²) in [6.07, 6.45) is 3.43. The van der Waals surface area contributed by atoms with Gasteiger partial charge in [0.15, 0.2) is 0 Å². The molecule has 100 valence electrons. The molecule has 1 unspecified atom stereocenters. The summed E-state index contributed by atoms with van der Waals surface area (Å²) in [4.78, 5) is 6.91. The van der Waals surface area contributed by atoms with Crippen molar-refractivity contribution in [3.8, 4) is 0 Å². The number of anilines is 1. The van der Waals surface area contributed by atoms with E-state index in [0.717, 1.165) is 49.4 Å². The van der Waals surface area contributed by atoms with Crippen LogP contribution in [-0.2, 0) is 17.8 Å². The highest BCUT2D eigenvalue weighted by Crippen LogP contribution is 2.21. The van der Waals surface area contributed by atoms with Crippen LogP contribution in [0.15, 0.2) is 12.1 Å². The summed E-state index contributed by atoms with van der Waals surface area (Å²) < 4.78 is 5.44. The molecule has 4 nitrogen and oxygen atoms in total. The Morgan fingerprint density at radius 3 is 3.00 bits per heavy atom. The van der Waals surface area contributed by atoms with Gasteiger partial charge in [0.25, 0.3) is 0 Å². The van der Waals surface area contributed by atoms with Gasteiger partial charge >= 0.3 is 0 Å². The molecule has 0 spiro atoms. The lowest BCUT2D eigenvalue weighted by Gasteiger charge is -2.33. The molecule has 1 aliphatic heterocycles. The number of aliphatic hydroxyl groups is 1. The van der Waals surface area contributed by atoms with Gasteiger partial charge in [-0.15, -0.1) is 0 Å². The van der Waals surface area contributed by atoms with Crippen molar-refractivity contribution >= 4 is 5.82 Å². The summed E-state index contributed by atoms with van der Waals surface area (Å²) in [5.41, 5.74) is 1.98. The van der Waals surface area contributed by atoms with E-state index < -0.39 is 0 Å². The van der Waals surface area contributed by atoms with Crippen LogP contribution in [0.3, 0.4) is 0 Å². The van der Waals surface area contributed by atoms with Crippen molar-refractivity contribution in [3.05, 3.63) is 23.4 Å². The Hall–Kier alpha value is -1.13. The second kappa shape index (κ2) is 6.16. The standard InChI is InChI=1S/C14H22N2O2/c1-3-12-7-11(10-17)8-14(15-12)16-6-4-5-13(9-16)18-2/h7-8,13,17H,3-6,9-10H2,1-2H3. The summed E-state index contributed by atoms with van der Waals surface area (Å²) in [7, 11) is 1.77. The third kappa shape index (κ3) is 3.00. The van der Waals surface area contributed by atoms with Crippen LogP contribution < -0.4 is 4.90 Å². The van der Waals surface area contributed by atoms with Crippen LogP contribution in [-0.4, -0.2) is 36.4 Å². The number of hydrogen-bond donors (Lipinski definition) is 1. The Bertz CT molecular complexity index is 373. The second-order valence-electron chi connectivity index (χ2n) is 4.78. The number of ether oxygens (including phenoxy) is 1. The lowest BCUT2D eigenvalue weighted by molar-refractivity contribution is 0.0891. The number of aryl methyl sites for hydroxylation is 1. The highest BCUT2D eigenvalue weighted by Gasteiger charge is 2.20. The maximum atomic E-state index is 9.31. The maximum absolute atomic E-state index is 9.31. The van der Waals surface area contributed by atoms with Gasteiger partial charge in [0.05, 0.1) is 12.7 Å². The van der Waals surface area contributed by atoms with Crippen LogP contribution >= 0.6 is 0 Å². The Morgan fingerprint density at radius 2 is 2.33 bits per heavy atom. The van der Waals surface area contributed by atoms with E-state index in [1.54, 1.807) is 7.11 Å². The molecule has 0 bridgehead atoms. The molecule has 0 aliphatic carbocycles. The fourth-order valence-corrected chi connectivity index (χ4v) is 2.41. The number of nitrogens with zero attached hydrogens (tertiary/aromatic N) is 2. The highest BCUT2D eigenvalue weighted by molar-refractivity contribution is 5.43. The molecule has 1 saturated heterocycles. The molecule has 0 amide bonds. The monoisotopic (exact) mass is 250 g/mol. The van der Waals surface area contributed by atoms with E-state index in [1.165, 1.54) is 0 Å². The third-order valence-electron chi connectivity index (χ3n) is 3.50. The number of methoxy groups -OCH3 is 1. The molecule has 1 N–H and O–H groups in total. The topological polar surface area (TPSA) is 45.6 Å². The minimum atomic E-state index is 0.0735. The molecule has 18 heavy (non-hydrogen) atoms. The predicted octanol–water partition coefficient (Wildman–Crippen LogP) is 1.75. The Morgan fingerprint density at radius 1 is 1.50 bits per heavy atom. The summed E-state index contributed by atoms with van der Waals surface area (Å²) in [5.74, 6) is 0.972. The molecular formula is C14H22N2O2. The van der Waals surface area contributed by atoms with Crippen molar-refractivity contribution in [2.45, 2.75) is 38.9 Å². The normalized spacial score (nSPS) is 20.2. The molecule has 1 aliphatic rings. The van der Waals surface area contributed by atoms with E-state index in [2.05, 4.69) is 16.8 Å². The minimum Gasteiger partial charge on any atom is -0.392 e. The molecule has 2 heterocycles. The average molecular weight is 250 g/mol. The van der Waals surface area contributed by atoms with Gasteiger partial charge in [0, 0.05) is 25.9 Å². The number of aromatic nitrogens is 1. The Balaban J connectivity index is 2.20. The van der Waals surface area contributed by atoms with E-state index in [4.69, 9.17) is 4.74 Å². The van der Waals surface area contributed by atoms with E-state index in [-0.39, 0.29) is 6.61 Å². The smallest absolute Gasteiger partial charge is 0.129 e. The maximum Gasteiger partial charge on any atom is 0.129 e. The van der Waals surface area contributed by atoms with Gasteiger partial charge in [-0.3, -0.25) is 0 Å². The van der Waals surface area contributed by atoms with Crippen molar-refractivity contribution in [2.24, 2.45) is 0 Å². The van der Waals surface area contributed by atoms with Gasteiger partial charge in [-0.2, -0.15) is 0 Å². The second-order valence-corrected chi connectivity index (χ2v) is 4.78. The molecule has 1 aromatic heterocycles. The van der Waals surface area contributed by atoms with E-state index in [9.17, 15) is 5.11 Å². The van der Waals surface area contributed by atoms with Gasteiger partial charge in [-0.25, -0.2) is 4.98 Å². The predicted molar refractivity (Wildman–Crippen MR) is 71.8 cm³/mol. The van der Waals surface area contributed by atoms with Crippen LogP contribution in [0.25, 0.3) is 0 Å². The van der Waals surface area contributed by atoms with E-state index >= 15 is 0 Å². The molecule has 1 fully saturated rings. The van der Waals surface area contributed by atoms with Crippen LogP contribution in [0.2, 0.25) is 0 Å². The first-order chi connectivity index (χ1) is 8.76. The van der Waals surface area contributed by atoms with Crippen molar-refractivity contribution in [3.63, 3.8) is 0 Å². The van der Waals surface area contributed by atoms with Gasteiger partial charge in [-0.05, 0) is 37.0 Å². The number of aliphatic hydroxyl groups excluding tert-OH is 1. The molecule has 0 saturated carbocycles. The molecule has 0 radical (unpaired) electrons. The summed E-state index contributed by atoms with van der Waals surface area (Å²) in [6.45, 7) is 4.07. The third-order valence-corrected chi connectivity index (χ3v) is 3.50. The van der Waals surface area contributed by atoms with Gasteiger partial charge < -0.3 is 14.7 Å². The van der Waals surface area contributed by atoms with E-state index in [1.807, 2.05) is 12.1 Å². The van der Waals surface area contributed by atoms with Crippen molar-refractivity contribution in [1.29, 1.82) is 0 Å². The molecular weight excluding hydrogens is 228 g/mol. The van der Waals surface area contributed by atoms with Gasteiger partial charge in [0.2, 0.25) is 0 Å². The van der Waals surface area contributed by atoms with Crippen molar-refractivity contribution in [1.82, 2.24) is 4.98 Å². The lowest BCUT2D eigenvalue weighted by atomic mass is 10.1. The van der Waals surface area contributed by atoms with Crippen LogP contribution in [0.1, 0.15) is 31.0 Å². The van der Waals surface area contributed by atoms with Crippen LogP contribution in [0.5, 0.6) is 0 Å². The Kier molecular flexibility index (Phi) is 4.55. The van der Waals surface area contributed by atoms with Crippen LogP contribution in [0.4, 0.5) is 5.82 Å². The van der Waals surface area contributed by atoms with Crippen molar-refractivity contribution in [2.75, 3.05) is 25.1 Å². The lowest BCUT2D eigenvalue weighted by Crippen LogP contribution is -2.39. The highest BCUT2D eigenvalue weighted by atomic mass is 16.5. The van der Waals surface area contributed by atoms with Gasteiger partial charge in [-0.1, -0.05) is 6.92 Å². The minimum absolute atomic E-state index is 0.0735. The molecule has 1 atom stereocenters. The summed E-state index contributed by atoms with van der Waals surface area (Å²) >= 11 is 0. The average Bonchev–Trinajstić information content (AvgIpc) is 2.46. The fourth-order valence-electron chi connectivity index (χ4n) is 2.41. The zero-order valence-electron chi connectivity index (χ0n) is 11.2. The number of hydrogen-bond acceptors (Lipinski definition) is 4. The van der Waals surface area contributed by atoms with E-state index in [0.29, 0.717) is 6.10 Å². The summed E-state index contributed by atoms with van der Waals surface area (Å²) in [6, 6.07) is 3.96. The Labute approximate surface area is 109 Å². The quantitative estimate of drug-likeness (QED) is 0.884. The van der Waals surface area contributed by atoms with Crippen LogP contribution in [0, 0.1) is 0 Å². The number of rotatable bonds is 4. The number of piperidine rings is 1. The molecule has 4 heteroatoms. The molecule has 2 rings (SSSR count). The van der Waals surface area contributed by atoms with Gasteiger partial charge in [0.1, 0.15) is 5.82 Å². The first kappa shape index (κ1) is 13.3. The first-order valence-corrected chi connectivity index (χ1v) is 6.65. The zero-order valence-corrected chi connectivity index (χ0v) is 11.2. The summed E-state index contributed by atoms with van der Waals surface area (Å²) in [5, 5.41) is 9.31. The fraction of sp³-hybridized carbons (Fsp3) is 0.643. The number of pyridine rings is 1. The van der Waals surface area contributed by atoms with Crippen molar-refractivity contribution < 1.29 is 9.84 Å². The molecule has 1 aromatic rings. The zero-order chi connectivity index (χ0) is 13.0. The largest absolute Gasteiger partial charge is 0.392 e. The first-order valence-electron chi connectivity index (χ1n) is 6.65. The SMILES string of the molecule is CCc1cc(CO)cc(N2CCCC(OC)C2)n1. The molecule has 0 aromatic carbocycles.